The number of hydrazone groups is 1. The van der Waals surface area contributed by atoms with Crippen LogP contribution >= 0.6 is 0 Å². The van der Waals surface area contributed by atoms with Crippen molar-refractivity contribution in [3.8, 4) is 0 Å². The lowest BCUT2D eigenvalue weighted by Gasteiger charge is -2.20. The minimum atomic E-state index is -4.60. The maximum atomic E-state index is 11.4. The van der Waals surface area contributed by atoms with Gasteiger partial charge in [-0.3, -0.25) is 14.1 Å². The van der Waals surface area contributed by atoms with E-state index in [9.17, 15) is 22.8 Å². The first-order valence-corrected chi connectivity index (χ1v) is 9.07. The zero-order valence-corrected chi connectivity index (χ0v) is 14.7. The number of carbonyl (C=O) groups excluding carboxylic acids is 3. The summed E-state index contributed by atoms with van der Waals surface area (Å²) in [7, 11) is -4.60. The topological polar surface area (TPSA) is 184 Å². The minimum Gasteiger partial charge on any atom is -0.350 e. The third-order valence-electron chi connectivity index (χ3n) is 3.28. The first kappa shape index (κ1) is 21.8. The molecule has 2 fully saturated rings. The van der Waals surface area contributed by atoms with Crippen LogP contribution < -0.4 is 16.5 Å². The third-order valence-corrected chi connectivity index (χ3v) is 3.63. The van der Waals surface area contributed by atoms with E-state index in [1.807, 2.05) is 0 Å². The van der Waals surface area contributed by atoms with Crippen molar-refractivity contribution in [2.45, 2.75) is 25.3 Å². The average molecular weight is 394 g/mol. The molecule has 2 bridgehead atoms. The van der Waals surface area contributed by atoms with Gasteiger partial charge in [-0.2, -0.15) is 18.6 Å². The Morgan fingerprint density at radius 1 is 1.50 bits per heavy atom. The molecule has 1 atom stereocenters. The summed E-state index contributed by atoms with van der Waals surface area (Å²) < 4.78 is 33.5. The van der Waals surface area contributed by atoms with Crippen LogP contribution in [0.15, 0.2) is 5.10 Å². The molecular weight excluding hydrogens is 372 g/mol. The summed E-state index contributed by atoms with van der Waals surface area (Å²) in [4.78, 5) is 33.3. The molecule has 2 rings (SSSR count). The summed E-state index contributed by atoms with van der Waals surface area (Å²) >= 11 is 0. The minimum absolute atomic E-state index is 0.0660. The van der Waals surface area contributed by atoms with E-state index in [-0.39, 0.29) is 18.5 Å². The Hall–Kier alpha value is -2.29. The SMILES string of the molecule is NCC/C=N/NC(=O)CNC=O.O=C1N2CCCC(C2)N1OS(=O)(=O)O. The van der Waals surface area contributed by atoms with Crippen molar-refractivity contribution in [2.75, 3.05) is 26.2 Å². The molecule has 2 heterocycles. The normalized spacial score (nSPS) is 19.2. The van der Waals surface area contributed by atoms with Gasteiger partial charge in [-0.05, 0) is 25.8 Å². The summed E-state index contributed by atoms with van der Waals surface area (Å²) in [5, 5.41) is 6.49. The molecule has 5 N–H and O–H groups in total. The van der Waals surface area contributed by atoms with Gasteiger partial charge in [0.15, 0.2) is 0 Å². The van der Waals surface area contributed by atoms with Crippen molar-refractivity contribution in [1.82, 2.24) is 20.7 Å². The molecule has 148 valence electrons. The maximum Gasteiger partial charge on any atom is 0.418 e. The van der Waals surface area contributed by atoms with Crippen LogP contribution in [0.5, 0.6) is 0 Å². The second-order valence-electron chi connectivity index (χ2n) is 5.28. The lowest BCUT2D eigenvalue weighted by molar-refractivity contribution is -0.122. The van der Waals surface area contributed by atoms with Crippen LogP contribution in [-0.2, 0) is 24.3 Å². The standard InChI is InChI=1S/C6H12N4O2.C6H10N2O5S/c7-2-1-3-9-10-6(12)4-8-5-11;9-6-7-3-1-2-5(4-7)8(6)13-14(10,11)12/h3,5H,1-2,4,7H2,(H,8,11)(H,10,12);5H,1-4H2,(H,10,11,12)/b9-3+;. The number of urea groups is 1. The predicted octanol–water partition coefficient (Wildman–Crippen LogP) is -2.20. The molecule has 14 heteroatoms. The summed E-state index contributed by atoms with van der Waals surface area (Å²) in [6, 6.07) is -0.761. The monoisotopic (exact) mass is 394 g/mol. The Morgan fingerprint density at radius 3 is 2.81 bits per heavy atom. The zero-order chi connectivity index (χ0) is 19.6. The predicted molar refractivity (Wildman–Crippen MR) is 88.8 cm³/mol. The van der Waals surface area contributed by atoms with Gasteiger partial charge < -0.3 is 16.0 Å². The third kappa shape index (κ3) is 7.73. The van der Waals surface area contributed by atoms with E-state index in [0.29, 0.717) is 38.9 Å². The number of piperidine rings is 1. The first-order chi connectivity index (χ1) is 12.3. The molecule has 2 saturated heterocycles. The number of rotatable bonds is 8. The molecule has 4 amide bonds. The summed E-state index contributed by atoms with van der Waals surface area (Å²) in [6.07, 6.45) is 4.07. The summed E-state index contributed by atoms with van der Waals surface area (Å²) in [6.45, 7) is 1.50. The van der Waals surface area contributed by atoms with E-state index >= 15 is 0 Å². The molecule has 0 spiro atoms. The molecule has 13 nitrogen and oxygen atoms in total. The maximum absolute atomic E-state index is 11.4. The van der Waals surface area contributed by atoms with E-state index in [0.717, 1.165) is 11.5 Å². The molecule has 0 aromatic rings. The number of fused-ring (bicyclic) bond motifs is 2. The highest BCUT2D eigenvalue weighted by Crippen LogP contribution is 2.25. The number of amides is 4. The van der Waals surface area contributed by atoms with E-state index in [4.69, 9.17) is 10.3 Å². The van der Waals surface area contributed by atoms with Gasteiger partial charge in [0.25, 0.3) is 5.91 Å². The van der Waals surface area contributed by atoms with Crippen molar-refractivity contribution in [3.63, 3.8) is 0 Å². The van der Waals surface area contributed by atoms with Crippen LogP contribution in [-0.4, -0.2) is 79.7 Å². The Labute approximate surface area is 150 Å². The number of hydrogen-bond donors (Lipinski definition) is 4. The van der Waals surface area contributed by atoms with Gasteiger partial charge >= 0.3 is 16.4 Å². The Bertz CT molecular complexity index is 626. The van der Waals surface area contributed by atoms with Gasteiger partial charge in [-0.25, -0.2) is 10.2 Å². The van der Waals surface area contributed by atoms with Crippen LogP contribution in [0.3, 0.4) is 0 Å². The molecule has 0 radical (unpaired) electrons. The van der Waals surface area contributed by atoms with Gasteiger partial charge in [0.05, 0.1) is 12.6 Å². The quantitative estimate of drug-likeness (QED) is 0.155. The molecule has 0 saturated carbocycles. The second kappa shape index (κ2) is 10.6. The number of carbonyl (C=O) groups is 3. The Balaban J connectivity index is 0.000000265. The molecule has 1 unspecified atom stereocenters. The van der Waals surface area contributed by atoms with Gasteiger partial charge in [0.1, 0.15) is 0 Å². The van der Waals surface area contributed by atoms with Crippen molar-refractivity contribution in [3.05, 3.63) is 0 Å². The number of nitrogens with one attached hydrogen (secondary N) is 2. The number of hydroxylamine groups is 2. The highest BCUT2D eigenvalue weighted by Gasteiger charge is 2.42. The summed E-state index contributed by atoms with van der Waals surface area (Å²) in [5.74, 6) is -0.365. The Kier molecular flexibility index (Phi) is 8.91. The fourth-order valence-electron chi connectivity index (χ4n) is 2.24. The highest BCUT2D eigenvalue weighted by atomic mass is 32.3. The van der Waals surface area contributed by atoms with E-state index in [1.54, 1.807) is 0 Å². The fraction of sp³-hybridized carbons (Fsp3) is 0.667. The lowest BCUT2D eigenvalue weighted by atomic mass is 10.1. The highest BCUT2D eigenvalue weighted by molar-refractivity contribution is 7.80. The van der Waals surface area contributed by atoms with Crippen LogP contribution in [0.25, 0.3) is 0 Å². The number of hydrogen-bond acceptors (Lipinski definition) is 8. The van der Waals surface area contributed by atoms with Crippen LogP contribution in [0, 0.1) is 0 Å². The molecule has 0 aromatic carbocycles. The second-order valence-corrected chi connectivity index (χ2v) is 6.28. The average Bonchev–Trinajstić information content (AvgIpc) is 2.79. The van der Waals surface area contributed by atoms with Gasteiger partial charge in [-0.15, -0.1) is 4.28 Å². The van der Waals surface area contributed by atoms with Crippen molar-refractivity contribution in [1.29, 1.82) is 0 Å². The smallest absolute Gasteiger partial charge is 0.350 e. The van der Waals surface area contributed by atoms with Crippen molar-refractivity contribution in [2.24, 2.45) is 10.8 Å². The molecule has 0 aromatic heterocycles. The molecule has 2 aliphatic rings. The van der Waals surface area contributed by atoms with Crippen LogP contribution in [0.1, 0.15) is 19.3 Å². The number of nitrogens with two attached hydrogens (primary N) is 1. The van der Waals surface area contributed by atoms with E-state index in [1.165, 1.54) is 11.1 Å². The Morgan fingerprint density at radius 2 is 2.23 bits per heavy atom. The van der Waals surface area contributed by atoms with Gasteiger partial charge in [0.2, 0.25) is 6.41 Å². The van der Waals surface area contributed by atoms with Gasteiger partial charge in [0, 0.05) is 19.3 Å². The van der Waals surface area contributed by atoms with Crippen molar-refractivity contribution < 1.29 is 31.6 Å². The molecule has 2 aliphatic heterocycles. The fourth-order valence-corrected chi connectivity index (χ4v) is 2.63. The molecular formula is C12H22N6O7S. The first-order valence-electron chi connectivity index (χ1n) is 7.71. The zero-order valence-electron chi connectivity index (χ0n) is 13.9. The van der Waals surface area contributed by atoms with Crippen LogP contribution in [0.4, 0.5) is 4.79 Å². The molecule has 26 heavy (non-hydrogen) atoms. The van der Waals surface area contributed by atoms with E-state index in [2.05, 4.69) is 20.1 Å². The summed E-state index contributed by atoms with van der Waals surface area (Å²) in [5.41, 5.74) is 7.37. The lowest BCUT2D eigenvalue weighted by Crippen LogP contribution is -2.35. The molecule has 0 aliphatic carbocycles. The van der Waals surface area contributed by atoms with Gasteiger partial charge in [-0.1, -0.05) is 0 Å². The number of nitrogens with zero attached hydrogens (tertiary/aromatic N) is 3. The van der Waals surface area contributed by atoms with Crippen LogP contribution in [0.2, 0.25) is 0 Å². The van der Waals surface area contributed by atoms with Crippen molar-refractivity contribution >= 4 is 35.0 Å². The van der Waals surface area contributed by atoms with E-state index < -0.39 is 16.4 Å². The largest absolute Gasteiger partial charge is 0.418 e.